The maximum Gasteiger partial charge on any atom is 0.234 e. The van der Waals surface area contributed by atoms with E-state index in [0.29, 0.717) is 29.5 Å². The molecule has 0 unspecified atom stereocenters. The summed E-state index contributed by atoms with van der Waals surface area (Å²) < 4.78 is 15.9. The Labute approximate surface area is 127 Å². The van der Waals surface area contributed by atoms with E-state index in [0.717, 1.165) is 11.3 Å². The van der Waals surface area contributed by atoms with E-state index in [2.05, 4.69) is 15.0 Å². The fraction of sp³-hybridized carbons (Fsp3) is 0.188. The van der Waals surface area contributed by atoms with Crippen molar-refractivity contribution in [2.75, 3.05) is 14.2 Å². The molecule has 0 spiro atoms. The van der Waals surface area contributed by atoms with Gasteiger partial charge >= 0.3 is 0 Å². The van der Waals surface area contributed by atoms with Gasteiger partial charge in [0.15, 0.2) is 5.65 Å². The lowest BCUT2D eigenvalue weighted by Gasteiger charge is -2.07. The van der Waals surface area contributed by atoms with Gasteiger partial charge in [-0.15, -0.1) is 0 Å². The van der Waals surface area contributed by atoms with Crippen LogP contribution in [0.3, 0.4) is 0 Å². The molecule has 0 radical (unpaired) electrons. The Morgan fingerprint density at radius 1 is 0.864 bits per heavy atom. The molecule has 0 aliphatic rings. The zero-order chi connectivity index (χ0) is 15.4. The number of aromatic nitrogens is 3. The third-order valence-corrected chi connectivity index (χ3v) is 3.11. The van der Waals surface area contributed by atoms with E-state index in [1.165, 1.54) is 0 Å². The van der Waals surface area contributed by atoms with Gasteiger partial charge in [0, 0.05) is 6.07 Å². The summed E-state index contributed by atoms with van der Waals surface area (Å²) in [6.45, 7) is 0.417. The summed E-state index contributed by atoms with van der Waals surface area (Å²) in [5.74, 6) is 1.73. The van der Waals surface area contributed by atoms with Crippen LogP contribution in [-0.2, 0) is 6.61 Å². The number of rotatable bonds is 5. The summed E-state index contributed by atoms with van der Waals surface area (Å²) >= 11 is 0. The highest BCUT2D eigenvalue weighted by Gasteiger charge is 2.04. The number of benzene rings is 1. The second-order valence-corrected chi connectivity index (χ2v) is 4.54. The average molecular weight is 297 g/mol. The Morgan fingerprint density at radius 3 is 2.36 bits per heavy atom. The van der Waals surface area contributed by atoms with Gasteiger partial charge in [-0.25, -0.2) is 4.98 Å². The van der Waals surface area contributed by atoms with Crippen molar-refractivity contribution < 1.29 is 14.2 Å². The number of ether oxygens (including phenoxy) is 3. The first kappa shape index (κ1) is 14.1. The van der Waals surface area contributed by atoms with E-state index in [1.54, 1.807) is 26.5 Å². The summed E-state index contributed by atoms with van der Waals surface area (Å²) in [6.07, 6.45) is 1.56. The molecule has 1 aromatic carbocycles. The smallest absolute Gasteiger partial charge is 0.234 e. The van der Waals surface area contributed by atoms with Gasteiger partial charge in [-0.3, -0.25) is 0 Å². The molecule has 22 heavy (non-hydrogen) atoms. The first-order valence-corrected chi connectivity index (χ1v) is 6.72. The molecule has 0 amide bonds. The van der Waals surface area contributed by atoms with Crippen LogP contribution in [0.1, 0.15) is 5.56 Å². The number of fused-ring (bicyclic) bond motifs is 1. The minimum Gasteiger partial charge on any atom is -0.497 e. The minimum atomic E-state index is 0.417. The molecule has 0 bridgehead atoms. The lowest BCUT2D eigenvalue weighted by Crippen LogP contribution is -1.99. The second-order valence-electron chi connectivity index (χ2n) is 4.54. The van der Waals surface area contributed by atoms with Gasteiger partial charge in [0.05, 0.1) is 20.4 Å². The van der Waals surface area contributed by atoms with Crippen LogP contribution >= 0.6 is 0 Å². The molecule has 2 aromatic heterocycles. The highest BCUT2D eigenvalue weighted by atomic mass is 16.5. The molecule has 3 aromatic rings. The van der Waals surface area contributed by atoms with Crippen molar-refractivity contribution >= 4 is 11.2 Å². The van der Waals surface area contributed by atoms with Gasteiger partial charge in [-0.05, 0) is 23.8 Å². The molecule has 0 fully saturated rings. The highest BCUT2D eigenvalue weighted by molar-refractivity contribution is 5.70. The van der Waals surface area contributed by atoms with Crippen molar-refractivity contribution in [2.24, 2.45) is 0 Å². The van der Waals surface area contributed by atoms with Gasteiger partial charge in [-0.1, -0.05) is 12.1 Å². The Hall–Kier alpha value is -2.89. The maximum absolute atomic E-state index is 5.69. The molecule has 0 atom stereocenters. The fourth-order valence-electron chi connectivity index (χ4n) is 1.92. The highest BCUT2D eigenvalue weighted by Crippen LogP contribution is 2.17. The third kappa shape index (κ3) is 3.06. The van der Waals surface area contributed by atoms with Crippen LogP contribution in [0, 0.1) is 0 Å². The zero-order valence-electron chi connectivity index (χ0n) is 12.3. The van der Waals surface area contributed by atoms with Crippen molar-refractivity contribution in [1.82, 2.24) is 15.0 Å². The molecule has 2 heterocycles. The predicted octanol–water partition coefficient (Wildman–Crippen LogP) is 2.62. The largest absolute Gasteiger partial charge is 0.497 e. The van der Waals surface area contributed by atoms with E-state index in [1.807, 2.05) is 30.3 Å². The van der Waals surface area contributed by atoms with Crippen LogP contribution < -0.4 is 14.2 Å². The first-order valence-electron chi connectivity index (χ1n) is 6.72. The van der Waals surface area contributed by atoms with E-state index < -0.39 is 0 Å². The SMILES string of the molecule is COc1ccc(COc2ccc3ncc(OC)nc3n2)cc1. The summed E-state index contributed by atoms with van der Waals surface area (Å²) in [4.78, 5) is 12.8. The lowest BCUT2D eigenvalue weighted by atomic mass is 10.2. The lowest BCUT2D eigenvalue weighted by molar-refractivity contribution is 0.294. The molecule has 0 saturated carbocycles. The standard InChI is InChI=1S/C16H15N3O3/c1-20-12-5-3-11(4-6-12)10-22-14-8-7-13-16(18-14)19-15(21-2)9-17-13/h3-9H,10H2,1-2H3. The van der Waals surface area contributed by atoms with Crippen LogP contribution in [-0.4, -0.2) is 29.2 Å². The molecule has 6 nitrogen and oxygen atoms in total. The molecule has 0 aliphatic heterocycles. The van der Waals surface area contributed by atoms with Gasteiger partial charge in [0.1, 0.15) is 17.9 Å². The molecule has 0 saturated heterocycles. The number of hydrogen-bond donors (Lipinski definition) is 0. The fourth-order valence-corrected chi connectivity index (χ4v) is 1.92. The first-order chi connectivity index (χ1) is 10.8. The number of hydrogen-bond acceptors (Lipinski definition) is 6. The van der Waals surface area contributed by atoms with Crippen molar-refractivity contribution in [3.8, 4) is 17.5 Å². The van der Waals surface area contributed by atoms with Crippen LogP contribution in [0.2, 0.25) is 0 Å². The van der Waals surface area contributed by atoms with Gasteiger partial charge < -0.3 is 14.2 Å². The van der Waals surface area contributed by atoms with E-state index in [9.17, 15) is 0 Å². The van der Waals surface area contributed by atoms with Gasteiger partial charge in [-0.2, -0.15) is 9.97 Å². The van der Waals surface area contributed by atoms with E-state index in [-0.39, 0.29) is 0 Å². The summed E-state index contributed by atoms with van der Waals surface area (Å²) in [5.41, 5.74) is 2.21. The van der Waals surface area contributed by atoms with Gasteiger partial charge in [0.25, 0.3) is 0 Å². The third-order valence-electron chi connectivity index (χ3n) is 3.11. The Kier molecular flexibility index (Phi) is 4.00. The molecule has 0 aliphatic carbocycles. The minimum absolute atomic E-state index is 0.417. The maximum atomic E-state index is 5.69. The molecule has 112 valence electrons. The Balaban J connectivity index is 1.75. The Morgan fingerprint density at radius 2 is 1.64 bits per heavy atom. The monoisotopic (exact) mass is 297 g/mol. The molecule has 0 N–H and O–H groups in total. The van der Waals surface area contributed by atoms with Crippen molar-refractivity contribution in [3.05, 3.63) is 48.2 Å². The number of pyridine rings is 1. The molecular weight excluding hydrogens is 282 g/mol. The van der Waals surface area contributed by atoms with Crippen LogP contribution in [0.4, 0.5) is 0 Å². The summed E-state index contributed by atoms with van der Waals surface area (Å²) in [5, 5.41) is 0. The molecule has 6 heteroatoms. The van der Waals surface area contributed by atoms with Crippen LogP contribution in [0.25, 0.3) is 11.2 Å². The van der Waals surface area contributed by atoms with E-state index in [4.69, 9.17) is 14.2 Å². The quantitative estimate of drug-likeness (QED) is 0.721. The van der Waals surface area contributed by atoms with Crippen molar-refractivity contribution in [2.45, 2.75) is 6.61 Å². The molecular formula is C16H15N3O3. The summed E-state index contributed by atoms with van der Waals surface area (Å²) in [6, 6.07) is 11.3. The zero-order valence-corrected chi connectivity index (χ0v) is 12.3. The topological polar surface area (TPSA) is 66.4 Å². The van der Waals surface area contributed by atoms with Crippen molar-refractivity contribution in [1.29, 1.82) is 0 Å². The van der Waals surface area contributed by atoms with Gasteiger partial charge in [0.2, 0.25) is 11.8 Å². The predicted molar refractivity (Wildman–Crippen MR) is 81.2 cm³/mol. The Bertz CT molecular complexity index is 775. The normalized spacial score (nSPS) is 10.5. The van der Waals surface area contributed by atoms with E-state index >= 15 is 0 Å². The average Bonchev–Trinajstić information content (AvgIpc) is 2.59. The molecule has 3 rings (SSSR count). The van der Waals surface area contributed by atoms with Crippen LogP contribution in [0.15, 0.2) is 42.6 Å². The number of methoxy groups -OCH3 is 2. The van der Waals surface area contributed by atoms with Crippen molar-refractivity contribution in [3.63, 3.8) is 0 Å². The number of nitrogens with zero attached hydrogens (tertiary/aromatic N) is 3. The summed E-state index contributed by atoms with van der Waals surface area (Å²) in [7, 11) is 3.18. The van der Waals surface area contributed by atoms with Crippen LogP contribution in [0.5, 0.6) is 17.5 Å². The second kappa shape index (κ2) is 6.26.